The lowest BCUT2D eigenvalue weighted by Crippen LogP contribution is -2.07. The molecule has 7 nitrogen and oxygen atoms in total. The van der Waals surface area contributed by atoms with Crippen LogP contribution in [0.3, 0.4) is 0 Å². The van der Waals surface area contributed by atoms with E-state index in [1.54, 1.807) is 12.1 Å². The lowest BCUT2D eigenvalue weighted by atomic mass is 10.1. The summed E-state index contributed by atoms with van der Waals surface area (Å²) in [7, 11) is 0. The molecule has 2 aromatic rings. The Labute approximate surface area is 133 Å². The lowest BCUT2D eigenvalue weighted by molar-refractivity contribution is -0.384. The number of nitrogens with one attached hydrogen (secondary N) is 1. The van der Waals surface area contributed by atoms with Gasteiger partial charge in [-0.1, -0.05) is 6.92 Å². The Kier molecular flexibility index (Phi) is 5.76. The number of anilines is 1. The Bertz CT molecular complexity index is 699. The molecule has 0 unspecified atom stereocenters. The van der Waals surface area contributed by atoms with Gasteiger partial charge in [0.2, 0.25) is 0 Å². The minimum atomic E-state index is -0.452. The largest absolute Gasteiger partial charge is 0.395 e. The Morgan fingerprint density at radius 1 is 1.13 bits per heavy atom. The molecule has 0 fully saturated rings. The predicted molar refractivity (Wildman–Crippen MR) is 88.7 cm³/mol. The van der Waals surface area contributed by atoms with E-state index >= 15 is 0 Å². The van der Waals surface area contributed by atoms with Crippen molar-refractivity contribution in [2.75, 3.05) is 18.5 Å². The van der Waals surface area contributed by atoms with Crippen LogP contribution in [-0.4, -0.2) is 23.2 Å². The fourth-order valence-electron chi connectivity index (χ4n) is 2.05. The molecule has 0 aliphatic heterocycles. The molecule has 120 valence electrons. The van der Waals surface area contributed by atoms with E-state index in [0.717, 1.165) is 17.7 Å². The average Bonchev–Trinajstić information content (AvgIpc) is 2.58. The van der Waals surface area contributed by atoms with Crippen LogP contribution >= 0.6 is 0 Å². The standard InChI is InChI=1S/C16H18N4O3/c1-2-12-11-14(5-8-16(12)17-9-10-21)19-18-13-3-6-15(7-4-13)20(22)23/h3-8,11,17,21H,2,9-10H2,1H3. The van der Waals surface area contributed by atoms with Gasteiger partial charge in [-0.3, -0.25) is 10.1 Å². The number of hydrogen-bond acceptors (Lipinski definition) is 6. The van der Waals surface area contributed by atoms with E-state index in [2.05, 4.69) is 15.5 Å². The molecule has 0 radical (unpaired) electrons. The van der Waals surface area contributed by atoms with Gasteiger partial charge in [0.25, 0.3) is 5.69 Å². The van der Waals surface area contributed by atoms with Crippen LogP contribution in [0.1, 0.15) is 12.5 Å². The molecule has 0 aliphatic carbocycles. The molecule has 0 aliphatic rings. The molecule has 2 rings (SSSR count). The number of rotatable bonds is 7. The summed E-state index contributed by atoms with van der Waals surface area (Å²) < 4.78 is 0. The first-order valence-electron chi connectivity index (χ1n) is 7.28. The van der Waals surface area contributed by atoms with E-state index in [0.29, 0.717) is 17.9 Å². The molecule has 0 heterocycles. The number of hydrogen-bond donors (Lipinski definition) is 2. The minimum Gasteiger partial charge on any atom is -0.395 e. The first-order chi connectivity index (χ1) is 11.1. The van der Waals surface area contributed by atoms with Gasteiger partial charge in [0.05, 0.1) is 22.9 Å². The molecule has 2 N–H and O–H groups in total. The highest BCUT2D eigenvalue weighted by atomic mass is 16.6. The van der Waals surface area contributed by atoms with Gasteiger partial charge in [-0.15, -0.1) is 0 Å². The number of benzene rings is 2. The number of non-ortho nitro benzene ring substituents is 1. The molecule has 0 aromatic heterocycles. The van der Waals surface area contributed by atoms with Crippen LogP contribution in [0.4, 0.5) is 22.7 Å². The maximum Gasteiger partial charge on any atom is 0.269 e. The first-order valence-corrected chi connectivity index (χ1v) is 7.28. The normalized spacial score (nSPS) is 10.9. The van der Waals surface area contributed by atoms with Gasteiger partial charge in [0, 0.05) is 24.4 Å². The van der Waals surface area contributed by atoms with Gasteiger partial charge in [-0.25, -0.2) is 0 Å². The van der Waals surface area contributed by atoms with Crippen LogP contribution < -0.4 is 5.32 Å². The zero-order chi connectivity index (χ0) is 16.7. The topological polar surface area (TPSA) is 100 Å². The third kappa shape index (κ3) is 4.58. The highest BCUT2D eigenvalue weighted by Gasteiger charge is 2.04. The molecule has 0 amide bonds. The minimum absolute atomic E-state index is 0.0246. The van der Waals surface area contributed by atoms with Crippen molar-refractivity contribution in [2.24, 2.45) is 10.2 Å². The second-order valence-corrected chi connectivity index (χ2v) is 4.82. The zero-order valence-corrected chi connectivity index (χ0v) is 12.8. The summed E-state index contributed by atoms with van der Waals surface area (Å²) in [6.45, 7) is 2.61. The second kappa shape index (κ2) is 8.00. The summed E-state index contributed by atoms with van der Waals surface area (Å²) in [4.78, 5) is 10.1. The maximum atomic E-state index is 10.6. The van der Waals surface area contributed by atoms with Gasteiger partial charge in [-0.05, 0) is 42.3 Å². The van der Waals surface area contributed by atoms with Crippen LogP contribution in [0.5, 0.6) is 0 Å². The molecule has 0 bridgehead atoms. The smallest absolute Gasteiger partial charge is 0.269 e. The van der Waals surface area contributed by atoms with Gasteiger partial charge >= 0.3 is 0 Å². The molecule has 0 saturated carbocycles. The summed E-state index contributed by atoms with van der Waals surface area (Å²) in [5.74, 6) is 0. The van der Waals surface area contributed by atoms with Crippen LogP contribution in [0.2, 0.25) is 0 Å². The van der Waals surface area contributed by atoms with Crippen molar-refractivity contribution in [3.63, 3.8) is 0 Å². The van der Waals surface area contributed by atoms with Crippen molar-refractivity contribution in [1.82, 2.24) is 0 Å². The van der Waals surface area contributed by atoms with Crippen molar-refractivity contribution in [2.45, 2.75) is 13.3 Å². The van der Waals surface area contributed by atoms with Crippen LogP contribution in [0, 0.1) is 10.1 Å². The van der Waals surface area contributed by atoms with Crippen molar-refractivity contribution in [3.8, 4) is 0 Å². The van der Waals surface area contributed by atoms with E-state index in [-0.39, 0.29) is 12.3 Å². The van der Waals surface area contributed by atoms with E-state index in [4.69, 9.17) is 5.11 Å². The van der Waals surface area contributed by atoms with E-state index < -0.39 is 4.92 Å². The molecular weight excluding hydrogens is 296 g/mol. The van der Waals surface area contributed by atoms with Crippen LogP contribution in [0.25, 0.3) is 0 Å². The fourth-order valence-corrected chi connectivity index (χ4v) is 2.05. The zero-order valence-electron chi connectivity index (χ0n) is 12.8. The number of nitrogens with zero attached hydrogens (tertiary/aromatic N) is 3. The summed E-state index contributed by atoms with van der Waals surface area (Å²) in [5, 5.41) is 30.9. The van der Waals surface area contributed by atoms with Crippen molar-refractivity contribution in [1.29, 1.82) is 0 Å². The maximum absolute atomic E-state index is 10.6. The van der Waals surface area contributed by atoms with Crippen molar-refractivity contribution < 1.29 is 10.0 Å². The number of nitro benzene ring substituents is 1. The Morgan fingerprint density at radius 3 is 2.39 bits per heavy atom. The Morgan fingerprint density at radius 2 is 1.78 bits per heavy atom. The molecule has 7 heteroatoms. The average molecular weight is 314 g/mol. The fraction of sp³-hybridized carbons (Fsp3) is 0.250. The van der Waals surface area contributed by atoms with Gasteiger partial charge in [-0.2, -0.15) is 10.2 Å². The van der Waals surface area contributed by atoms with E-state index in [9.17, 15) is 10.1 Å². The highest BCUT2D eigenvalue weighted by molar-refractivity contribution is 5.58. The number of aliphatic hydroxyl groups excluding tert-OH is 1. The Balaban J connectivity index is 2.14. The summed E-state index contributed by atoms with van der Waals surface area (Å²) >= 11 is 0. The lowest BCUT2D eigenvalue weighted by Gasteiger charge is -2.10. The third-order valence-electron chi connectivity index (χ3n) is 3.24. The number of aliphatic hydroxyl groups is 1. The first kappa shape index (κ1) is 16.6. The van der Waals surface area contributed by atoms with E-state index in [1.165, 1.54) is 12.1 Å². The molecule has 0 saturated heterocycles. The molecular formula is C16H18N4O3. The molecule has 0 spiro atoms. The summed E-state index contributed by atoms with van der Waals surface area (Å²) in [6.07, 6.45) is 0.828. The van der Waals surface area contributed by atoms with Gasteiger partial charge in [0.1, 0.15) is 0 Å². The number of azo groups is 1. The van der Waals surface area contributed by atoms with E-state index in [1.807, 2.05) is 25.1 Å². The third-order valence-corrected chi connectivity index (χ3v) is 3.24. The quantitative estimate of drug-likeness (QED) is 0.458. The van der Waals surface area contributed by atoms with Crippen LogP contribution in [-0.2, 0) is 6.42 Å². The number of aryl methyl sites for hydroxylation is 1. The van der Waals surface area contributed by atoms with Gasteiger partial charge in [0.15, 0.2) is 0 Å². The molecule has 2 aromatic carbocycles. The summed E-state index contributed by atoms with van der Waals surface area (Å²) in [6, 6.07) is 11.6. The van der Waals surface area contributed by atoms with Crippen molar-refractivity contribution >= 4 is 22.7 Å². The SMILES string of the molecule is CCc1cc(N=Nc2ccc([N+](=O)[O-])cc2)ccc1NCCO. The predicted octanol–water partition coefficient (Wildman–Crippen LogP) is 3.98. The highest BCUT2D eigenvalue weighted by Crippen LogP contribution is 2.25. The molecule has 0 atom stereocenters. The second-order valence-electron chi connectivity index (χ2n) is 4.82. The summed E-state index contributed by atoms with van der Waals surface area (Å²) in [5.41, 5.74) is 3.33. The van der Waals surface area contributed by atoms with Gasteiger partial charge < -0.3 is 10.4 Å². The monoisotopic (exact) mass is 314 g/mol. The van der Waals surface area contributed by atoms with Crippen molar-refractivity contribution in [3.05, 3.63) is 58.1 Å². The van der Waals surface area contributed by atoms with Crippen LogP contribution in [0.15, 0.2) is 52.7 Å². The Hall–Kier alpha value is -2.80. The number of nitro groups is 1. The molecule has 23 heavy (non-hydrogen) atoms.